The van der Waals surface area contributed by atoms with Crippen LogP contribution in [0.2, 0.25) is 0 Å². The second-order valence-electron chi connectivity index (χ2n) is 2.47. The van der Waals surface area contributed by atoms with E-state index < -0.39 is 11.9 Å². The quantitative estimate of drug-likeness (QED) is 0.508. The monoisotopic (exact) mass is 200 g/mol. The molecule has 0 aromatic heterocycles. The van der Waals surface area contributed by atoms with Crippen LogP contribution in [0.1, 0.15) is 25.7 Å². The normalized spacial score (nSPS) is 8.00. The Kier molecular flexibility index (Phi) is 12.2. The summed E-state index contributed by atoms with van der Waals surface area (Å²) in [5, 5.41) is 16.3. The molecule has 0 amide bonds. The van der Waals surface area contributed by atoms with E-state index in [2.05, 4.69) is 13.2 Å². The molecule has 80 valence electrons. The number of hydrogen-bond donors (Lipinski definition) is 2. The van der Waals surface area contributed by atoms with Crippen LogP contribution in [0.3, 0.4) is 0 Å². The van der Waals surface area contributed by atoms with E-state index in [1.54, 1.807) is 12.2 Å². The fourth-order valence-electron chi connectivity index (χ4n) is 0.552. The number of unbranched alkanes of at least 4 members (excludes halogenated alkanes) is 1. The van der Waals surface area contributed by atoms with Gasteiger partial charge < -0.3 is 10.2 Å². The highest BCUT2D eigenvalue weighted by Crippen LogP contribution is 1.98. The third-order valence-corrected chi connectivity index (χ3v) is 1.20. The van der Waals surface area contributed by atoms with Gasteiger partial charge in [0.15, 0.2) is 0 Å². The first-order valence-electron chi connectivity index (χ1n) is 4.21. The topological polar surface area (TPSA) is 74.6 Å². The molecule has 0 radical (unpaired) electrons. The second-order valence-corrected chi connectivity index (χ2v) is 2.47. The molecule has 0 unspecified atom stereocenters. The molecule has 0 aromatic rings. The summed E-state index contributed by atoms with van der Waals surface area (Å²) in [6.07, 6.45) is 4.30. The van der Waals surface area contributed by atoms with Crippen LogP contribution in [0.4, 0.5) is 0 Å². The maximum Gasteiger partial charge on any atom is 0.303 e. The standard InChI is InChI=1S/C6H10O4.C4H6/c7-5(8)3-1-2-4-6(9)10;1-3-4-2/h1-4H2,(H,7,8)(H,9,10);3-4H,1-2H2. The van der Waals surface area contributed by atoms with Crippen molar-refractivity contribution in [1.29, 1.82) is 0 Å². The zero-order valence-corrected chi connectivity index (χ0v) is 8.11. The van der Waals surface area contributed by atoms with Crippen molar-refractivity contribution in [2.45, 2.75) is 25.7 Å². The van der Waals surface area contributed by atoms with Gasteiger partial charge in [0.05, 0.1) is 0 Å². The summed E-state index contributed by atoms with van der Waals surface area (Å²) in [6.45, 7) is 6.72. The average Bonchev–Trinajstić information content (AvgIpc) is 2.12. The molecule has 0 aromatic carbocycles. The Labute approximate surface area is 83.6 Å². The Morgan fingerprint density at radius 2 is 1.21 bits per heavy atom. The fourth-order valence-corrected chi connectivity index (χ4v) is 0.552. The minimum absolute atomic E-state index is 0.0628. The number of hydrogen-bond acceptors (Lipinski definition) is 2. The highest BCUT2D eigenvalue weighted by atomic mass is 16.4. The summed E-state index contributed by atoms with van der Waals surface area (Å²) < 4.78 is 0. The van der Waals surface area contributed by atoms with E-state index in [1.165, 1.54) is 0 Å². The van der Waals surface area contributed by atoms with Crippen molar-refractivity contribution in [2.24, 2.45) is 0 Å². The van der Waals surface area contributed by atoms with Gasteiger partial charge in [-0.05, 0) is 12.8 Å². The average molecular weight is 200 g/mol. The van der Waals surface area contributed by atoms with Crippen molar-refractivity contribution < 1.29 is 19.8 Å². The minimum atomic E-state index is -0.870. The van der Waals surface area contributed by atoms with Gasteiger partial charge in [0, 0.05) is 12.8 Å². The molecule has 0 fully saturated rings. The SMILES string of the molecule is C=CC=C.O=C(O)CCCCC(=O)O. The zero-order chi connectivity index (χ0) is 11.4. The summed E-state index contributed by atoms with van der Waals surface area (Å²) in [5.74, 6) is -1.74. The summed E-state index contributed by atoms with van der Waals surface area (Å²) in [4.78, 5) is 19.8. The van der Waals surface area contributed by atoms with Crippen LogP contribution in [-0.2, 0) is 9.59 Å². The first kappa shape index (κ1) is 14.9. The molecular formula is C10H16O4. The van der Waals surface area contributed by atoms with Crippen LogP contribution in [-0.4, -0.2) is 22.2 Å². The van der Waals surface area contributed by atoms with Crippen LogP contribution in [0, 0.1) is 0 Å². The molecular weight excluding hydrogens is 184 g/mol. The minimum Gasteiger partial charge on any atom is -0.481 e. The lowest BCUT2D eigenvalue weighted by Crippen LogP contribution is -1.97. The molecule has 0 bridgehead atoms. The summed E-state index contributed by atoms with van der Waals surface area (Å²) in [6, 6.07) is 0. The zero-order valence-electron chi connectivity index (χ0n) is 8.11. The predicted octanol–water partition coefficient (Wildman–Crippen LogP) is 2.07. The maximum atomic E-state index is 9.90. The number of aliphatic carboxylic acids is 2. The highest BCUT2D eigenvalue weighted by Gasteiger charge is 1.99. The maximum absolute atomic E-state index is 9.90. The van der Waals surface area contributed by atoms with E-state index in [1.807, 2.05) is 0 Å². The molecule has 0 saturated carbocycles. The van der Waals surface area contributed by atoms with Gasteiger partial charge in [-0.2, -0.15) is 0 Å². The second kappa shape index (κ2) is 11.4. The lowest BCUT2D eigenvalue weighted by atomic mass is 10.2. The van der Waals surface area contributed by atoms with E-state index in [0.29, 0.717) is 12.8 Å². The molecule has 0 spiro atoms. The smallest absolute Gasteiger partial charge is 0.303 e. The van der Waals surface area contributed by atoms with Crippen LogP contribution < -0.4 is 0 Å². The number of carbonyl (C=O) groups is 2. The van der Waals surface area contributed by atoms with Crippen molar-refractivity contribution in [3.05, 3.63) is 25.3 Å². The van der Waals surface area contributed by atoms with Crippen LogP contribution >= 0.6 is 0 Å². The van der Waals surface area contributed by atoms with Crippen molar-refractivity contribution in [3.63, 3.8) is 0 Å². The molecule has 2 N–H and O–H groups in total. The summed E-state index contributed by atoms with van der Waals surface area (Å²) in [5.41, 5.74) is 0. The Balaban J connectivity index is 0. The van der Waals surface area contributed by atoms with Crippen molar-refractivity contribution in [2.75, 3.05) is 0 Å². The van der Waals surface area contributed by atoms with E-state index in [4.69, 9.17) is 10.2 Å². The van der Waals surface area contributed by atoms with Gasteiger partial charge >= 0.3 is 11.9 Å². The van der Waals surface area contributed by atoms with E-state index in [0.717, 1.165) is 0 Å². The summed E-state index contributed by atoms with van der Waals surface area (Å²) in [7, 11) is 0. The van der Waals surface area contributed by atoms with Gasteiger partial charge in [-0.3, -0.25) is 9.59 Å². The van der Waals surface area contributed by atoms with Crippen molar-refractivity contribution in [3.8, 4) is 0 Å². The molecule has 0 aliphatic heterocycles. The molecule has 0 aliphatic rings. The number of carboxylic acids is 2. The Morgan fingerprint density at radius 3 is 1.36 bits per heavy atom. The van der Waals surface area contributed by atoms with Gasteiger partial charge in [0.25, 0.3) is 0 Å². The predicted molar refractivity (Wildman–Crippen MR) is 54.1 cm³/mol. The Hall–Kier alpha value is -1.58. The first-order valence-corrected chi connectivity index (χ1v) is 4.21. The van der Waals surface area contributed by atoms with Gasteiger partial charge in [0.2, 0.25) is 0 Å². The molecule has 0 atom stereocenters. The molecule has 0 saturated heterocycles. The van der Waals surface area contributed by atoms with Crippen molar-refractivity contribution in [1.82, 2.24) is 0 Å². The summed E-state index contributed by atoms with van der Waals surface area (Å²) >= 11 is 0. The fraction of sp³-hybridized carbons (Fsp3) is 0.400. The van der Waals surface area contributed by atoms with Gasteiger partial charge in [-0.1, -0.05) is 25.3 Å². The Bertz CT molecular complexity index is 174. The lowest BCUT2D eigenvalue weighted by Gasteiger charge is -1.92. The molecule has 0 aliphatic carbocycles. The van der Waals surface area contributed by atoms with E-state index in [9.17, 15) is 9.59 Å². The molecule has 0 heterocycles. The van der Waals surface area contributed by atoms with Crippen molar-refractivity contribution >= 4 is 11.9 Å². The molecule has 4 heteroatoms. The van der Waals surface area contributed by atoms with Gasteiger partial charge in [-0.15, -0.1) is 0 Å². The Morgan fingerprint density at radius 1 is 0.929 bits per heavy atom. The first-order chi connectivity index (χ1) is 6.54. The van der Waals surface area contributed by atoms with E-state index >= 15 is 0 Å². The van der Waals surface area contributed by atoms with Crippen LogP contribution in [0.5, 0.6) is 0 Å². The molecule has 0 rings (SSSR count). The van der Waals surface area contributed by atoms with Crippen LogP contribution in [0.25, 0.3) is 0 Å². The number of rotatable bonds is 6. The lowest BCUT2D eigenvalue weighted by molar-refractivity contribution is -0.139. The highest BCUT2D eigenvalue weighted by molar-refractivity contribution is 5.67. The third kappa shape index (κ3) is 22.4. The number of allylic oxidation sites excluding steroid dienone is 2. The van der Waals surface area contributed by atoms with E-state index in [-0.39, 0.29) is 12.8 Å². The van der Waals surface area contributed by atoms with Gasteiger partial charge in [-0.25, -0.2) is 0 Å². The molecule has 14 heavy (non-hydrogen) atoms. The third-order valence-electron chi connectivity index (χ3n) is 1.20. The molecule has 4 nitrogen and oxygen atoms in total. The number of carboxylic acid groups (broad SMARTS) is 2. The largest absolute Gasteiger partial charge is 0.481 e. The van der Waals surface area contributed by atoms with Crippen LogP contribution in [0.15, 0.2) is 25.3 Å². The van der Waals surface area contributed by atoms with Gasteiger partial charge in [0.1, 0.15) is 0 Å².